The van der Waals surface area contributed by atoms with Crippen LogP contribution in [-0.4, -0.2) is 0 Å². The topological polar surface area (TPSA) is 12.5 Å². The molecule has 44 heavy (non-hydrogen) atoms. The average molecular weight is 578 g/mol. The van der Waals surface area contributed by atoms with Crippen molar-refractivity contribution in [3.05, 3.63) is 113 Å². The van der Waals surface area contributed by atoms with E-state index < -0.39 is 0 Å². The molecule has 2 heteroatoms. The molecule has 6 atom stereocenters. The molecule has 2 bridgehead atoms. The monoisotopic (exact) mass is 577 g/mol. The van der Waals surface area contributed by atoms with Crippen molar-refractivity contribution in [2.24, 2.45) is 29.1 Å². The summed E-state index contributed by atoms with van der Waals surface area (Å²) in [5, 5.41) is 0. The van der Waals surface area contributed by atoms with Gasteiger partial charge >= 0.3 is 0 Å². The molecule has 5 aliphatic carbocycles. The largest absolute Gasteiger partial charge is 0.457 e. The summed E-state index contributed by atoms with van der Waals surface area (Å²) in [4.78, 5) is 2.45. The lowest BCUT2D eigenvalue weighted by molar-refractivity contribution is -0.235. The molecule has 4 aromatic carbocycles. The highest BCUT2D eigenvalue weighted by Gasteiger charge is 2.84. The first-order valence-corrected chi connectivity index (χ1v) is 17.2. The molecule has 1 aliphatic heterocycles. The van der Waals surface area contributed by atoms with Gasteiger partial charge in [-0.1, -0.05) is 76.2 Å². The first-order chi connectivity index (χ1) is 21.2. The van der Waals surface area contributed by atoms with Crippen LogP contribution in [0.2, 0.25) is 0 Å². The van der Waals surface area contributed by atoms with Crippen LogP contribution in [0.1, 0.15) is 88.5 Å². The van der Waals surface area contributed by atoms with Crippen LogP contribution >= 0.6 is 0 Å². The van der Waals surface area contributed by atoms with Gasteiger partial charge in [-0.3, -0.25) is 0 Å². The van der Waals surface area contributed by atoms with Gasteiger partial charge in [0.15, 0.2) is 0 Å². The van der Waals surface area contributed by atoms with Gasteiger partial charge in [0.1, 0.15) is 11.5 Å². The van der Waals surface area contributed by atoms with Crippen molar-refractivity contribution < 1.29 is 4.74 Å². The van der Waals surface area contributed by atoms with E-state index in [0.29, 0.717) is 5.41 Å². The van der Waals surface area contributed by atoms with E-state index in [2.05, 4.69) is 124 Å². The summed E-state index contributed by atoms with van der Waals surface area (Å²) >= 11 is 0. The molecule has 4 saturated carbocycles. The molecular formula is C42H43NO. The minimum absolute atomic E-state index is 0.118. The quantitative estimate of drug-likeness (QED) is 0.240. The molecule has 6 aliphatic rings. The van der Waals surface area contributed by atoms with Crippen LogP contribution < -0.4 is 9.64 Å². The zero-order valence-corrected chi connectivity index (χ0v) is 26.6. The predicted octanol–water partition coefficient (Wildman–Crippen LogP) is 11.0. The van der Waals surface area contributed by atoms with Gasteiger partial charge in [0, 0.05) is 39.7 Å². The summed E-state index contributed by atoms with van der Waals surface area (Å²) in [5.41, 5.74) is 10.6. The third-order valence-electron chi connectivity index (χ3n) is 13.8. The van der Waals surface area contributed by atoms with E-state index >= 15 is 0 Å². The summed E-state index contributed by atoms with van der Waals surface area (Å²) in [6.45, 7) is 9.67. The number of anilines is 3. The molecule has 2 nitrogen and oxygen atoms in total. The fraction of sp³-hybridized carbons (Fsp3) is 0.429. The number of benzene rings is 4. The highest BCUT2D eigenvalue weighted by atomic mass is 16.5. The Morgan fingerprint density at radius 3 is 2.05 bits per heavy atom. The maximum atomic E-state index is 6.89. The number of nitrogens with zero attached hydrogens (tertiary/aromatic N) is 1. The Hall–Kier alpha value is -3.52. The van der Waals surface area contributed by atoms with Gasteiger partial charge in [-0.15, -0.1) is 0 Å². The van der Waals surface area contributed by atoms with E-state index in [0.717, 1.165) is 35.2 Å². The highest BCUT2D eigenvalue weighted by Crippen LogP contribution is 2.89. The molecule has 6 unspecified atom stereocenters. The number of hydrogen-bond donors (Lipinski definition) is 0. The van der Waals surface area contributed by atoms with Crippen molar-refractivity contribution in [3.63, 3.8) is 0 Å². The third kappa shape index (κ3) is 2.94. The molecular weight excluding hydrogens is 534 g/mol. The van der Waals surface area contributed by atoms with E-state index in [1.807, 2.05) is 0 Å². The van der Waals surface area contributed by atoms with Crippen molar-refractivity contribution in [2.45, 2.75) is 82.5 Å². The zero-order valence-electron chi connectivity index (χ0n) is 26.6. The Kier molecular flexibility index (Phi) is 4.80. The molecule has 222 valence electrons. The second-order valence-corrected chi connectivity index (χ2v) is 16.5. The second kappa shape index (κ2) is 8.19. The van der Waals surface area contributed by atoms with Gasteiger partial charge in [0.25, 0.3) is 0 Å². The van der Waals surface area contributed by atoms with Crippen molar-refractivity contribution >= 4 is 17.1 Å². The zero-order chi connectivity index (χ0) is 29.6. The minimum atomic E-state index is 0.118. The summed E-state index contributed by atoms with van der Waals surface area (Å²) in [7, 11) is 0. The SMILES string of the molecule is CC1(C)CCC(C)(C)c2cc(N(c3ccccc3)c3ccc4c(c3)Oc3ccccc3C43C4CC5CC6CC3C64C5)ccc21. The highest BCUT2D eigenvalue weighted by molar-refractivity contribution is 5.79. The Morgan fingerprint density at radius 1 is 0.591 bits per heavy atom. The van der Waals surface area contributed by atoms with Crippen LogP contribution in [0.5, 0.6) is 11.5 Å². The van der Waals surface area contributed by atoms with Crippen LogP contribution in [0, 0.1) is 29.1 Å². The lowest BCUT2D eigenvalue weighted by Crippen LogP contribution is -2.74. The number of ether oxygens (including phenoxy) is 1. The molecule has 0 saturated heterocycles. The maximum absolute atomic E-state index is 6.89. The molecule has 0 aromatic heterocycles. The number of para-hydroxylation sites is 2. The van der Waals surface area contributed by atoms with Crippen molar-refractivity contribution in [1.29, 1.82) is 0 Å². The van der Waals surface area contributed by atoms with E-state index in [1.54, 1.807) is 0 Å². The summed E-state index contributed by atoms with van der Waals surface area (Å²) in [5.74, 6) is 5.61. The molecule has 1 heterocycles. The molecule has 0 N–H and O–H groups in total. The van der Waals surface area contributed by atoms with E-state index in [9.17, 15) is 0 Å². The predicted molar refractivity (Wildman–Crippen MR) is 179 cm³/mol. The Balaban J connectivity index is 1.14. The van der Waals surface area contributed by atoms with Gasteiger partial charge in [0.05, 0.1) is 0 Å². The lowest BCUT2D eigenvalue weighted by Gasteiger charge is -2.77. The van der Waals surface area contributed by atoms with Crippen LogP contribution in [0.4, 0.5) is 17.1 Å². The molecule has 10 rings (SSSR count). The van der Waals surface area contributed by atoms with Gasteiger partial charge in [-0.2, -0.15) is 0 Å². The van der Waals surface area contributed by atoms with Crippen molar-refractivity contribution in [1.82, 2.24) is 0 Å². The second-order valence-electron chi connectivity index (χ2n) is 16.5. The van der Waals surface area contributed by atoms with E-state index in [-0.39, 0.29) is 16.2 Å². The Bertz CT molecular complexity index is 1850. The minimum Gasteiger partial charge on any atom is -0.457 e. The molecule has 2 spiro atoms. The lowest BCUT2D eigenvalue weighted by atomic mass is 9.26. The maximum Gasteiger partial charge on any atom is 0.133 e. The number of fused-ring (bicyclic) bond motifs is 8. The molecule has 4 fully saturated rings. The third-order valence-corrected chi connectivity index (χ3v) is 13.8. The van der Waals surface area contributed by atoms with Crippen molar-refractivity contribution in [3.8, 4) is 11.5 Å². The van der Waals surface area contributed by atoms with Crippen LogP contribution in [0.3, 0.4) is 0 Å². The Labute approximate surface area is 262 Å². The summed E-state index contributed by atoms with van der Waals surface area (Å²) in [6, 6.07) is 34.4. The standard InChI is InChI=1S/C42H43NO/c1-39(2)18-19-40(3,4)34-23-29(14-16-31(34)39)43(28-10-6-5-7-11-28)30-15-17-33-36(24-30)44-35-13-9-8-12-32(35)42(33)37-21-26-20-27-22-38(42)41(27,37)25-26/h5-17,23-24,26-27,37-38H,18-22,25H2,1-4H3. The van der Waals surface area contributed by atoms with E-state index in [4.69, 9.17) is 4.74 Å². The molecule has 0 radical (unpaired) electrons. The summed E-state index contributed by atoms with van der Waals surface area (Å²) < 4.78 is 6.89. The van der Waals surface area contributed by atoms with Crippen LogP contribution in [-0.2, 0) is 16.2 Å². The number of rotatable bonds is 3. The van der Waals surface area contributed by atoms with Gasteiger partial charge in [-0.25, -0.2) is 0 Å². The average Bonchev–Trinajstić information content (AvgIpc) is 3.55. The smallest absolute Gasteiger partial charge is 0.133 e. The number of hydrogen-bond acceptors (Lipinski definition) is 2. The summed E-state index contributed by atoms with van der Waals surface area (Å²) in [6.07, 6.45) is 8.22. The van der Waals surface area contributed by atoms with Crippen molar-refractivity contribution in [2.75, 3.05) is 4.90 Å². The van der Waals surface area contributed by atoms with Crippen LogP contribution in [0.25, 0.3) is 0 Å². The normalized spacial score (nSPS) is 33.6. The molecule has 4 aromatic rings. The van der Waals surface area contributed by atoms with Gasteiger partial charge in [0.2, 0.25) is 0 Å². The van der Waals surface area contributed by atoms with Gasteiger partial charge in [-0.05, 0) is 126 Å². The fourth-order valence-corrected chi connectivity index (χ4v) is 12.0. The first kappa shape index (κ1) is 25.8. The first-order valence-electron chi connectivity index (χ1n) is 17.2. The Morgan fingerprint density at radius 2 is 1.25 bits per heavy atom. The van der Waals surface area contributed by atoms with Gasteiger partial charge < -0.3 is 9.64 Å². The molecule has 0 amide bonds. The fourth-order valence-electron chi connectivity index (χ4n) is 12.0. The van der Waals surface area contributed by atoms with Crippen LogP contribution in [0.15, 0.2) is 91.0 Å². The van der Waals surface area contributed by atoms with E-state index in [1.165, 1.54) is 77.8 Å².